The average molecular weight is 193 g/mol. The number of carboxylic acids is 1. The minimum Gasteiger partial charge on any atom is -0.481 e. The smallest absolute Gasteiger partial charge is 0.310 e. The molecule has 0 aliphatic rings. The Morgan fingerprint density at radius 1 is 1.43 bits per heavy atom. The average Bonchev–Trinajstić information content (AvgIpc) is 2.09. The lowest BCUT2D eigenvalue weighted by molar-refractivity contribution is -0.138. The minimum absolute atomic E-state index is 0.548. The highest BCUT2D eigenvalue weighted by molar-refractivity contribution is 5.78. The number of rotatable bonds is 2. The normalized spacial score (nSPS) is 12.5. The number of aliphatic carboxylic acids is 1. The molecular weight excluding hydrogens is 178 g/mol. The molecule has 3 N–H and O–H groups in total. The van der Waals surface area contributed by atoms with Gasteiger partial charge in [0, 0.05) is 5.69 Å². The molecule has 1 aromatic rings. The standard InChI is InChI=1S/C11H15NO2/c1-6-4-7(2)10(12)9(5-6)8(3)11(13)14/h4-5,8H,12H2,1-3H3,(H,13,14). The van der Waals surface area contributed by atoms with Crippen molar-refractivity contribution in [3.63, 3.8) is 0 Å². The molecule has 1 aromatic carbocycles. The van der Waals surface area contributed by atoms with Crippen LogP contribution in [0.5, 0.6) is 0 Å². The lowest BCUT2D eigenvalue weighted by Gasteiger charge is -2.13. The summed E-state index contributed by atoms with van der Waals surface area (Å²) in [5, 5.41) is 8.89. The molecular formula is C11H15NO2. The molecule has 0 heterocycles. The zero-order chi connectivity index (χ0) is 10.9. The molecule has 1 rings (SSSR count). The van der Waals surface area contributed by atoms with Crippen molar-refractivity contribution in [2.24, 2.45) is 0 Å². The van der Waals surface area contributed by atoms with Crippen molar-refractivity contribution in [3.8, 4) is 0 Å². The van der Waals surface area contributed by atoms with Gasteiger partial charge in [-0.2, -0.15) is 0 Å². The number of hydrogen-bond acceptors (Lipinski definition) is 2. The summed E-state index contributed by atoms with van der Waals surface area (Å²) < 4.78 is 0. The van der Waals surface area contributed by atoms with Crippen LogP contribution in [0.15, 0.2) is 12.1 Å². The van der Waals surface area contributed by atoms with Crippen molar-refractivity contribution in [2.45, 2.75) is 26.7 Å². The fourth-order valence-corrected chi connectivity index (χ4v) is 1.50. The number of carbonyl (C=O) groups is 1. The van der Waals surface area contributed by atoms with Crippen LogP contribution in [0.1, 0.15) is 29.5 Å². The Labute approximate surface area is 83.6 Å². The Morgan fingerprint density at radius 3 is 2.50 bits per heavy atom. The second-order valence-corrected chi connectivity index (χ2v) is 3.64. The maximum absolute atomic E-state index is 10.8. The van der Waals surface area contributed by atoms with E-state index < -0.39 is 11.9 Å². The molecule has 76 valence electrons. The second-order valence-electron chi connectivity index (χ2n) is 3.64. The number of nitrogen functional groups attached to an aromatic ring is 1. The molecule has 0 amide bonds. The van der Waals surface area contributed by atoms with Gasteiger partial charge in [-0.3, -0.25) is 4.79 Å². The van der Waals surface area contributed by atoms with E-state index in [1.807, 2.05) is 26.0 Å². The summed E-state index contributed by atoms with van der Waals surface area (Å²) in [6.45, 7) is 5.47. The summed E-state index contributed by atoms with van der Waals surface area (Å²) in [6, 6.07) is 3.79. The minimum atomic E-state index is -0.846. The van der Waals surface area contributed by atoms with E-state index in [0.717, 1.165) is 11.1 Å². The van der Waals surface area contributed by atoms with Gasteiger partial charge in [-0.25, -0.2) is 0 Å². The van der Waals surface area contributed by atoms with E-state index in [1.165, 1.54) is 0 Å². The van der Waals surface area contributed by atoms with Crippen LogP contribution in [0.25, 0.3) is 0 Å². The first-order valence-corrected chi connectivity index (χ1v) is 4.53. The van der Waals surface area contributed by atoms with Gasteiger partial charge in [0.2, 0.25) is 0 Å². The summed E-state index contributed by atoms with van der Waals surface area (Å²) in [5.41, 5.74) is 9.10. The molecule has 0 aliphatic heterocycles. The van der Waals surface area contributed by atoms with Gasteiger partial charge < -0.3 is 10.8 Å². The number of carboxylic acid groups (broad SMARTS) is 1. The number of aryl methyl sites for hydroxylation is 2. The predicted molar refractivity (Wildman–Crippen MR) is 56.4 cm³/mol. The molecule has 3 heteroatoms. The van der Waals surface area contributed by atoms with Gasteiger partial charge in [0.05, 0.1) is 5.92 Å². The molecule has 0 saturated carbocycles. The van der Waals surface area contributed by atoms with E-state index in [0.29, 0.717) is 11.3 Å². The Morgan fingerprint density at radius 2 is 2.00 bits per heavy atom. The van der Waals surface area contributed by atoms with E-state index in [4.69, 9.17) is 10.8 Å². The van der Waals surface area contributed by atoms with Gasteiger partial charge in [-0.15, -0.1) is 0 Å². The maximum Gasteiger partial charge on any atom is 0.310 e. The number of nitrogens with two attached hydrogens (primary N) is 1. The van der Waals surface area contributed by atoms with Gasteiger partial charge in [0.1, 0.15) is 0 Å². The summed E-state index contributed by atoms with van der Waals surface area (Å²) in [5.74, 6) is -1.39. The van der Waals surface area contributed by atoms with Gasteiger partial charge in [0.25, 0.3) is 0 Å². The summed E-state index contributed by atoms with van der Waals surface area (Å²) in [6.07, 6.45) is 0. The highest BCUT2D eigenvalue weighted by atomic mass is 16.4. The van der Waals surface area contributed by atoms with Gasteiger partial charge in [-0.05, 0) is 31.9 Å². The van der Waals surface area contributed by atoms with Crippen molar-refractivity contribution in [1.82, 2.24) is 0 Å². The van der Waals surface area contributed by atoms with Crippen LogP contribution in [0.2, 0.25) is 0 Å². The van der Waals surface area contributed by atoms with Crippen LogP contribution < -0.4 is 5.73 Å². The fourth-order valence-electron chi connectivity index (χ4n) is 1.50. The van der Waals surface area contributed by atoms with E-state index in [2.05, 4.69) is 0 Å². The largest absolute Gasteiger partial charge is 0.481 e. The molecule has 0 bridgehead atoms. The molecule has 0 aromatic heterocycles. The fraction of sp³-hybridized carbons (Fsp3) is 0.364. The summed E-state index contributed by atoms with van der Waals surface area (Å²) in [7, 11) is 0. The Bertz CT molecular complexity index is 372. The Hall–Kier alpha value is -1.51. The van der Waals surface area contributed by atoms with Crippen LogP contribution in [0.4, 0.5) is 5.69 Å². The SMILES string of the molecule is Cc1cc(C)c(N)c(C(C)C(=O)O)c1. The van der Waals surface area contributed by atoms with Gasteiger partial charge >= 0.3 is 5.97 Å². The van der Waals surface area contributed by atoms with Crippen molar-refractivity contribution in [1.29, 1.82) is 0 Å². The Kier molecular flexibility index (Phi) is 2.79. The van der Waals surface area contributed by atoms with E-state index in [1.54, 1.807) is 6.92 Å². The van der Waals surface area contributed by atoms with E-state index in [9.17, 15) is 4.79 Å². The summed E-state index contributed by atoms with van der Waals surface area (Å²) >= 11 is 0. The van der Waals surface area contributed by atoms with Gasteiger partial charge in [0.15, 0.2) is 0 Å². The topological polar surface area (TPSA) is 63.3 Å². The van der Waals surface area contributed by atoms with Crippen molar-refractivity contribution in [3.05, 3.63) is 28.8 Å². The zero-order valence-corrected chi connectivity index (χ0v) is 8.66. The lowest BCUT2D eigenvalue weighted by atomic mass is 9.95. The first-order valence-electron chi connectivity index (χ1n) is 4.53. The lowest BCUT2D eigenvalue weighted by Crippen LogP contribution is -2.11. The van der Waals surface area contributed by atoms with Crippen LogP contribution in [-0.4, -0.2) is 11.1 Å². The third-order valence-corrected chi connectivity index (χ3v) is 2.40. The van der Waals surface area contributed by atoms with Crippen LogP contribution in [0.3, 0.4) is 0 Å². The molecule has 0 aliphatic carbocycles. The number of hydrogen-bond donors (Lipinski definition) is 2. The maximum atomic E-state index is 10.8. The molecule has 0 saturated heterocycles. The van der Waals surface area contributed by atoms with Gasteiger partial charge in [-0.1, -0.05) is 17.7 Å². The third kappa shape index (κ3) is 1.87. The molecule has 0 radical (unpaired) electrons. The second kappa shape index (κ2) is 3.70. The van der Waals surface area contributed by atoms with Crippen molar-refractivity contribution < 1.29 is 9.90 Å². The molecule has 1 unspecified atom stereocenters. The highest BCUT2D eigenvalue weighted by Crippen LogP contribution is 2.26. The first kappa shape index (κ1) is 10.6. The quantitative estimate of drug-likeness (QED) is 0.707. The van der Waals surface area contributed by atoms with Crippen molar-refractivity contribution >= 4 is 11.7 Å². The monoisotopic (exact) mass is 193 g/mol. The first-order chi connectivity index (χ1) is 6.43. The molecule has 0 spiro atoms. The third-order valence-electron chi connectivity index (χ3n) is 2.40. The summed E-state index contributed by atoms with van der Waals surface area (Å²) in [4.78, 5) is 10.8. The predicted octanol–water partition coefficient (Wildman–Crippen LogP) is 2.07. The van der Waals surface area contributed by atoms with Crippen LogP contribution in [-0.2, 0) is 4.79 Å². The van der Waals surface area contributed by atoms with E-state index >= 15 is 0 Å². The number of benzene rings is 1. The molecule has 0 fully saturated rings. The molecule has 14 heavy (non-hydrogen) atoms. The van der Waals surface area contributed by atoms with Crippen LogP contribution >= 0.6 is 0 Å². The molecule has 3 nitrogen and oxygen atoms in total. The number of anilines is 1. The molecule has 1 atom stereocenters. The van der Waals surface area contributed by atoms with E-state index in [-0.39, 0.29) is 0 Å². The Balaban J connectivity index is 3.26. The highest BCUT2D eigenvalue weighted by Gasteiger charge is 2.17. The zero-order valence-electron chi connectivity index (χ0n) is 8.66. The van der Waals surface area contributed by atoms with Crippen molar-refractivity contribution in [2.75, 3.05) is 5.73 Å². The van der Waals surface area contributed by atoms with Crippen LogP contribution in [0, 0.1) is 13.8 Å².